The zero-order chi connectivity index (χ0) is 17.9. The fraction of sp³-hybridized carbons (Fsp3) is 1.00. The molecule has 0 atom stereocenters. The van der Waals surface area contributed by atoms with E-state index in [1.165, 1.54) is 107 Å². The number of hydrogen-bond donors (Lipinski definition) is 1. The predicted molar refractivity (Wildman–Crippen MR) is 108 cm³/mol. The fourth-order valence-electron chi connectivity index (χ4n) is 3.69. The molecular weight excluding hydrogens is 294 g/mol. The van der Waals surface area contributed by atoms with E-state index in [4.69, 9.17) is 0 Å². The van der Waals surface area contributed by atoms with E-state index in [0.717, 1.165) is 13.0 Å². The van der Waals surface area contributed by atoms with Crippen LogP contribution in [0, 0.1) is 0 Å². The van der Waals surface area contributed by atoms with Gasteiger partial charge >= 0.3 is 0 Å². The fourth-order valence-corrected chi connectivity index (χ4v) is 3.69. The second kappa shape index (κ2) is 17.7. The molecule has 0 rings (SSSR count). The minimum Gasteiger partial charge on any atom is -0.396 e. The van der Waals surface area contributed by atoms with Crippen LogP contribution in [-0.4, -0.2) is 42.9 Å². The number of rotatable bonds is 19. The summed E-state index contributed by atoms with van der Waals surface area (Å²) in [6.07, 6.45) is 20.5. The van der Waals surface area contributed by atoms with Gasteiger partial charge in [0.2, 0.25) is 0 Å². The summed E-state index contributed by atoms with van der Waals surface area (Å²) in [4.78, 5) is 0. The topological polar surface area (TPSA) is 20.2 Å². The molecule has 2 nitrogen and oxygen atoms in total. The van der Waals surface area contributed by atoms with Crippen molar-refractivity contribution in [2.75, 3.05) is 33.3 Å². The largest absolute Gasteiger partial charge is 0.396 e. The predicted octanol–water partition coefficient (Wildman–Crippen LogP) is 6.32. The lowest BCUT2D eigenvalue weighted by Gasteiger charge is -2.35. The molecular formula is C22H48NO+. The summed E-state index contributed by atoms with van der Waals surface area (Å²) in [6.45, 7) is 8.69. The maximum atomic E-state index is 9.20. The van der Waals surface area contributed by atoms with Crippen molar-refractivity contribution in [2.24, 2.45) is 0 Å². The van der Waals surface area contributed by atoms with E-state index in [1.54, 1.807) is 0 Å². The smallest absolute Gasteiger partial charge is 0.0806 e. The van der Waals surface area contributed by atoms with E-state index in [1.807, 2.05) is 0 Å². The first-order valence-corrected chi connectivity index (χ1v) is 11.1. The highest BCUT2D eigenvalue weighted by molar-refractivity contribution is 4.50. The van der Waals surface area contributed by atoms with Crippen LogP contribution in [0.5, 0.6) is 0 Å². The Bertz CT molecular complexity index is 224. The van der Waals surface area contributed by atoms with Crippen molar-refractivity contribution in [2.45, 2.75) is 110 Å². The summed E-state index contributed by atoms with van der Waals surface area (Å²) in [7, 11) is 2.42. The molecule has 0 aliphatic carbocycles. The molecule has 0 fully saturated rings. The van der Waals surface area contributed by atoms with Crippen molar-refractivity contribution in [1.82, 2.24) is 0 Å². The van der Waals surface area contributed by atoms with Crippen LogP contribution in [0.3, 0.4) is 0 Å². The Hall–Kier alpha value is -0.0800. The van der Waals surface area contributed by atoms with Crippen LogP contribution >= 0.6 is 0 Å². The second-order valence-corrected chi connectivity index (χ2v) is 8.11. The molecule has 0 unspecified atom stereocenters. The zero-order valence-corrected chi connectivity index (χ0v) is 17.3. The Morgan fingerprint density at radius 2 is 0.833 bits per heavy atom. The molecule has 0 heterocycles. The van der Waals surface area contributed by atoms with E-state index >= 15 is 0 Å². The van der Waals surface area contributed by atoms with Crippen LogP contribution in [0.1, 0.15) is 110 Å². The standard InChI is InChI=1S/C22H48NO/c1-4-6-8-10-12-14-16-19-23(3,21-18-22-24)20-17-15-13-11-9-7-5-2/h24H,4-22H2,1-3H3/q+1. The van der Waals surface area contributed by atoms with E-state index in [2.05, 4.69) is 20.9 Å². The molecule has 0 aromatic heterocycles. The average molecular weight is 343 g/mol. The number of hydrogen-bond acceptors (Lipinski definition) is 1. The van der Waals surface area contributed by atoms with Gasteiger partial charge in [0.05, 0.1) is 26.7 Å². The molecule has 0 bridgehead atoms. The van der Waals surface area contributed by atoms with Crippen LogP contribution in [0.4, 0.5) is 0 Å². The summed E-state index contributed by atoms with van der Waals surface area (Å²) in [5.74, 6) is 0. The first-order valence-electron chi connectivity index (χ1n) is 11.1. The van der Waals surface area contributed by atoms with Gasteiger partial charge in [0, 0.05) is 13.0 Å². The molecule has 0 aliphatic heterocycles. The first-order chi connectivity index (χ1) is 11.7. The minimum absolute atomic E-state index is 0.349. The molecule has 2 heteroatoms. The summed E-state index contributed by atoms with van der Waals surface area (Å²) >= 11 is 0. The molecule has 0 saturated heterocycles. The van der Waals surface area contributed by atoms with Gasteiger partial charge < -0.3 is 9.59 Å². The van der Waals surface area contributed by atoms with Crippen molar-refractivity contribution in [3.05, 3.63) is 0 Å². The van der Waals surface area contributed by atoms with Gasteiger partial charge in [0.1, 0.15) is 0 Å². The average Bonchev–Trinajstić information content (AvgIpc) is 2.58. The molecule has 0 aliphatic rings. The molecule has 0 spiro atoms. The summed E-state index contributed by atoms with van der Waals surface area (Å²) in [6, 6.07) is 0. The highest BCUT2D eigenvalue weighted by Gasteiger charge is 2.19. The van der Waals surface area contributed by atoms with Gasteiger partial charge in [-0.05, 0) is 25.7 Å². The Balaban J connectivity index is 3.81. The van der Waals surface area contributed by atoms with Crippen LogP contribution < -0.4 is 0 Å². The zero-order valence-electron chi connectivity index (χ0n) is 17.3. The van der Waals surface area contributed by atoms with Gasteiger partial charge in [0.15, 0.2) is 0 Å². The van der Waals surface area contributed by atoms with Gasteiger partial charge in [-0.25, -0.2) is 0 Å². The van der Waals surface area contributed by atoms with E-state index in [0.29, 0.717) is 6.61 Å². The summed E-state index contributed by atoms with van der Waals surface area (Å²) in [5.41, 5.74) is 0. The van der Waals surface area contributed by atoms with E-state index in [-0.39, 0.29) is 0 Å². The molecule has 0 aromatic rings. The maximum Gasteiger partial charge on any atom is 0.0806 e. The monoisotopic (exact) mass is 342 g/mol. The minimum atomic E-state index is 0.349. The normalized spacial score (nSPS) is 12.0. The third kappa shape index (κ3) is 15.4. The SMILES string of the molecule is CCCCCCCCC[N+](C)(CCCO)CCCCCCCCC. The van der Waals surface area contributed by atoms with Crippen LogP contribution in [-0.2, 0) is 0 Å². The van der Waals surface area contributed by atoms with Gasteiger partial charge in [-0.15, -0.1) is 0 Å². The Kier molecular flexibility index (Phi) is 17.7. The second-order valence-electron chi connectivity index (χ2n) is 8.11. The molecule has 1 N–H and O–H groups in total. The third-order valence-corrected chi connectivity index (χ3v) is 5.46. The molecule has 0 amide bonds. The number of aliphatic hydroxyl groups excluding tert-OH is 1. The van der Waals surface area contributed by atoms with Crippen molar-refractivity contribution in [3.63, 3.8) is 0 Å². The Labute approximate surface area is 153 Å². The van der Waals surface area contributed by atoms with Crippen molar-refractivity contribution < 1.29 is 9.59 Å². The number of quaternary nitrogens is 1. The van der Waals surface area contributed by atoms with Gasteiger partial charge in [-0.3, -0.25) is 0 Å². The maximum absolute atomic E-state index is 9.20. The van der Waals surface area contributed by atoms with Gasteiger partial charge in [-0.2, -0.15) is 0 Å². The quantitative estimate of drug-likeness (QED) is 0.215. The van der Waals surface area contributed by atoms with E-state index in [9.17, 15) is 5.11 Å². The Morgan fingerprint density at radius 3 is 1.21 bits per heavy atom. The number of aliphatic hydroxyl groups is 1. The van der Waals surface area contributed by atoms with Crippen molar-refractivity contribution >= 4 is 0 Å². The molecule has 146 valence electrons. The van der Waals surface area contributed by atoms with Crippen molar-refractivity contribution in [1.29, 1.82) is 0 Å². The molecule has 0 saturated carbocycles. The van der Waals surface area contributed by atoms with E-state index < -0.39 is 0 Å². The van der Waals surface area contributed by atoms with Gasteiger partial charge in [0.25, 0.3) is 0 Å². The molecule has 0 radical (unpaired) electrons. The summed E-state index contributed by atoms with van der Waals surface area (Å²) in [5, 5.41) is 9.20. The van der Waals surface area contributed by atoms with Crippen molar-refractivity contribution in [3.8, 4) is 0 Å². The van der Waals surface area contributed by atoms with Gasteiger partial charge in [-0.1, -0.05) is 78.1 Å². The summed E-state index contributed by atoms with van der Waals surface area (Å²) < 4.78 is 1.18. The first kappa shape index (κ1) is 23.9. The highest BCUT2D eigenvalue weighted by atomic mass is 16.3. The molecule has 24 heavy (non-hydrogen) atoms. The number of unbranched alkanes of at least 4 members (excludes halogenated alkanes) is 12. The van der Waals surface area contributed by atoms with Crippen LogP contribution in [0.15, 0.2) is 0 Å². The lowest BCUT2D eigenvalue weighted by molar-refractivity contribution is -0.910. The Morgan fingerprint density at radius 1 is 0.500 bits per heavy atom. The van der Waals surface area contributed by atoms with Crippen LogP contribution in [0.25, 0.3) is 0 Å². The lowest BCUT2D eigenvalue weighted by atomic mass is 10.1. The number of nitrogens with zero attached hydrogens (tertiary/aromatic N) is 1. The highest BCUT2D eigenvalue weighted by Crippen LogP contribution is 2.14. The lowest BCUT2D eigenvalue weighted by Crippen LogP contribution is -2.46. The van der Waals surface area contributed by atoms with Crippen LogP contribution in [0.2, 0.25) is 0 Å². The molecule has 0 aromatic carbocycles. The third-order valence-electron chi connectivity index (χ3n) is 5.46.